The van der Waals surface area contributed by atoms with E-state index in [2.05, 4.69) is 10.6 Å². The normalized spacial score (nSPS) is 13.1. The van der Waals surface area contributed by atoms with Gasteiger partial charge in [0.15, 0.2) is 0 Å². The minimum absolute atomic E-state index is 0.132. The Labute approximate surface area is 146 Å². The van der Waals surface area contributed by atoms with Crippen LogP contribution >= 0.6 is 11.6 Å². The molecular formula is C17H23ClN2O4. The lowest BCUT2D eigenvalue weighted by molar-refractivity contribution is -0.145. The third kappa shape index (κ3) is 5.85. The van der Waals surface area contributed by atoms with E-state index in [1.165, 1.54) is 14.0 Å². The third-order valence-corrected chi connectivity index (χ3v) is 3.86. The number of hydrogen-bond acceptors (Lipinski definition) is 4. The molecule has 0 fully saturated rings. The molecule has 1 aromatic rings. The van der Waals surface area contributed by atoms with Gasteiger partial charge < -0.3 is 15.4 Å². The van der Waals surface area contributed by atoms with E-state index in [9.17, 15) is 14.4 Å². The van der Waals surface area contributed by atoms with Crippen LogP contribution in [0.4, 0.5) is 0 Å². The topological polar surface area (TPSA) is 84.5 Å². The second-order valence-electron chi connectivity index (χ2n) is 5.80. The summed E-state index contributed by atoms with van der Waals surface area (Å²) < 4.78 is 4.76. The highest BCUT2D eigenvalue weighted by Crippen LogP contribution is 2.17. The smallest absolute Gasteiger partial charge is 0.328 e. The first-order valence-electron chi connectivity index (χ1n) is 7.65. The van der Waals surface area contributed by atoms with Gasteiger partial charge in [0, 0.05) is 18.4 Å². The van der Waals surface area contributed by atoms with Crippen LogP contribution in [0.3, 0.4) is 0 Å². The Balaban J connectivity index is 2.93. The molecule has 0 heterocycles. The minimum atomic E-state index is -0.891. The molecule has 2 N–H and O–H groups in total. The van der Waals surface area contributed by atoms with Gasteiger partial charge in [0.2, 0.25) is 11.8 Å². The van der Waals surface area contributed by atoms with Gasteiger partial charge in [-0.2, -0.15) is 0 Å². The number of hydrogen-bond donors (Lipinski definition) is 2. The fourth-order valence-corrected chi connectivity index (χ4v) is 2.45. The van der Waals surface area contributed by atoms with E-state index in [1.807, 2.05) is 0 Å². The molecular weight excluding hydrogens is 332 g/mol. The molecule has 2 amide bonds. The number of ether oxygens (including phenoxy) is 1. The summed E-state index contributed by atoms with van der Waals surface area (Å²) in [7, 11) is 1.25. The summed E-state index contributed by atoms with van der Waals surface area (Å²) in [5.74, 6) is -1.46. The molecule has 0 radical (unpaired) electrons. The van der Waals surface area contributed by atoms with Crippen LogP contribution in [-0.2, 0) is 25.5 Å². The summed E-state index contributed by atoms with van der Waals surface area (Å²) in [6.07, 6.45) is 0.197. The zero-order chi connectivity index (χ0) is 18.3. The Morgan fingerprint density at radius 3 is 2.29 bits per heavy atom. The number of carbonyl (C=O) groups excluding carboxylic acids is 3. The average Bonchev–Trinajstić information content (AvgIpc) is 2.52. The maximum Gasteiger partial charge on any atom is 0.328 e. The summed E-state index contributed by atoms with van der Waals surface area (Å²) in [4.78, 5) is 35.7. The number of benzene rings is 1. The third-order valence-electron chi connectivity index (χ3n) is 3.49. The maximum absolute atomic E-state index is 12.5. The Hall–Kier alpha value is -2.08. The monoisotopic (exact) mass is 354 g/mol. The molecule has 24 heavy (non-hydrogen) atoms. The van der Waals surface area contributed by atoms with Crippen molar-refractivity contribution >= 4 is 29.4 Å². The van der Waals surface area contributed by atoms with Crippen molar-refractivity contribution in [2.24, 2.45) is 5.92 Å². The van der Waals surface area contributed by atoms with E-state index in [4.69, 9.17) is 16.3 Å². The van der Waals surface area contributed by atoms with Crippen LogP contribution in [0.25, 0.3) is 0 Å². The molecule has 0 unspecified atom stereocenters. The second-order valence-corrected chi connectivity index (χ2v) is 6.21. The second kappa shape index (κ2) is 9.27. The van der Waals surface area contributed by atoms with Crippen LogP contribution in [0.5, 0.6) is 0 Å². The lowest BCUT2D eigenvalue weighted by atomic mass is 10.0. The summed E-state index contributed by atoms with van der Waals surface area (Å²) in [6, 6.07) is 5.44. The Kier molecular flexibility index (Phi) is 7.71. The SMILES string of the molecule is COC(=O)[C@H](Cc1ccccc1Cl)NC(=O)[C@H](NC(C)=O)C(C)C. The maximum atomic E-state index is 12.5. The van der Waals surface area contributed by atoms with Gasteiger partial charge in [-0.05, 0) is 17.5 Å². The van der Waals surface area contributed by atoms with Crippen LogP contribution < -0.4 is 10.6 Å². The van der Waals surface area contributed by atoms with Gasteiger partial charge in [-0.1, -0.05) is 43.6 Å². The largest absolute Gasteiger partial charge is 0.467 e. The van der Waals surface area contributed by atoms with Gasteiger partial charge in [0.05, 0.1) is 7.11 Å². The van der Waals surface area contributed by atoms with Crippen molar-refractivity contribution in [1.82, 2.24) is 10.6 Å². The van der Waals surface area contributed by atoms with Crippen molar-refractivity contribution < 1.29 is 19.1 Å². The lowest BCUT2D eigenvalue weighted by Crippen LogP contribution is -2.54. The van der Waals surface area contributed by atoms with Gasteiger partial charge in [0.25, 0.3) is 0 Å². The molecule has 6 nitrogen and oxygen atoms in total. The van der Waals surface area contributed by atoms with Crippen molar-refractivity contribution in [1.29, 1.82) is 0 Å². The molecule has 2 atom stereocenters. The Morgan fingerprint density at radius 1 is 1.17 bits per heavy atom. The number of esters is 1. The van der Waals surface area contributed by atoms with Crippen molar-refractivity contribution in [2.45, 2.75) is 39.3 Å². The molecule has 0 aliphatic carbocycles. The van der Waals surface area contributed by atoms with E-state index >= 15 is 0 Å². The lowest BCUT2D eigenvalue weighted by Gasteiger charge is -2.24. The quantitative estimate of drug-likeness (QED) is 0.730. The molecule has 0 aliphatic heterocycles. The molecule has 0 aliphatic rings. The van der Waals surface area contributed by atoms with Gasteiger partial charge in [-0.15, -0.1) is 0 Å². The van der Waals surface area contributed by atoms with Crippen molar-refractivity contribution in [3.63, 3.8) is 0 Å². The first kappa shape index (κ1) is 20.0. The van der Waals surface area contributed by atoms with Crippen molar-refractivity contribution in [3.8, 4) is 0 Å². The highest BCUT2D eigenvalue weighted by molar-refractivity contribution is 6.31. The van der Waals surface area contributed by atoms with Crippen molar-refractivity contribution in [3.05, 3.63) is 34.9 Å². The van der Waals surface area contributed by atoms with Crippen molar-refractivity contribution in [2.75, 3.05) is 7.11 Å². The number of methoxy groups -OCH3 is 1. The zero-order valence-corrected chi connectivity index (χ0v) is 15.0. The first-order chi connectivity index (χ1) is 11.3. The average molecular weight is 355 g/mol. The van der Waals surface area contributed by atoms with E-state index in [-0.39, 0.29) is 18.2 Å². The standard InChI is InChI=1S/C17H23ClN2O4/c1-10(2)15(19-11(3)21)16(22)20-14(17(23)24-4)9-12-7-5-6-8-13(12)18/h5-8,10,14-15H,9H2,1-4H3,(H,19,21)(H,20,22)/t14-,15+/m0/s1. The van der Waals surface area contributed by atoms with E-state index in [0.29, 0.717) is 5.02 Å². The van der Waals surface area contributed by atoms with Gasteiger partial charge in [-0.3, -0.25) is 9.59 Å². The summed E-state index contributed by atoms with van der Waals surface area (Å²) >= 11 is 6.11. The molecule has 1 aromatic carbocycles. The van der Waals surface area contributed by atoms with E-state index in [0.717, 1.165) is 5.56 Å². The van der Waals surface area contributed by atoms with Gasteiger partial charge in [-0.25, -0.2) is 4.79 Å². The van der Waals surface area contributed by atoms with Crippen LogP contribution in [0.15, 0.2) is 24.3 Å². The van der Waals surface area contributed by atoms with Gasteiger partial charge >= 0.3 is 5.97 Å². The predicted molar refractivity (Wildman–Crippen MR) is 91.5 cm³/mol. The molecule has 7 heteroatoms. The predicted octanol–water partition coefficient (Wildman–Crippen LogP) is 1.70. The fourth-order valence-electron chi connectivity index (χ4n) is 2.23. The minimum Gasteiger partial charge on any atom is -0.467 e. The number of carbonyl (C=O) groups is 3. The first-order valence-corrected chi connectivity index (χ1v) is 8.02. The summed E-state index contributed by atoms with van der Waals surface area (Å²) in [5, 5.41) is 5.73. The van der Waals surface area contributed by atoms with E-state index in [1.54, 1.807) is 38.1 Å². The van der Waals surface area contributed by atoms with Gasteiger partial charge in [0.1, 0.15) is 12.1 Å². The molecule has 0 bridgehead atoms. The van der Waals surface area contributed by atoms with Crippen LogP contribution in [0.2, 0.25) is 5.02 Å². The molecule has 1 rings (SSSR count). The fraction of sp³-hybridized carbons (Fsp3) is 0.471. The molecule has 0 spiro atoms. The summed E-state index contributed by atoms with van der Waals surface area (Å²) in [5.41, 5.74) is 0.718. The number of nitrogens with one attached hydrogen (secondary N) is 2. The number of amides is 2. The molecule has 0 aromatic heterocycles. The molecule has 0 saturated heterocycles. The summed E-state index contributed by atoms with van der Waals surface area (Å²) in [6.45, 7) is 4.95. The Bertz CT molecular complexity index is 604. The molecule has 132 valence electrons. The van der Waals surface area contributed by atoms with Crippen LogP contribution in [0.1, 0.15) is 26.3 Å². The Morgan fingerprint density at radius 2 is 1.79 bits per heavy atom. The molecule has 0 saturated carbocycles. The zero-order valence-electron chi connectivity index (χ0n) is 14.3. The number of rotatable bonds is 7. The number of halogens is 1. The van der Waals surface area contributed by atoms with E-state index < -0.39 is 24.0 Å². The highest BCUT2D eigenvalue weighted by Gasteiger charge is 2.29. The highest BCUT2D eigenvalue weighted by atomic mass is 35.5. The van der Waals surface area contributed by atoms with Crippen LogP contribution in [0, 0.1) is 5.92 Å². The van der Waals surface area contributed by atoms with Crippen LogP contribution in [-0.4, -0.2) is 37.0 Å².